The van der Waals surface area contributed by atoms with Crippen LogP contribution < -0.4 is 10.6 Å². The van der Waals surface area contributed by atoms with Crippen LogP contribution in [0.4, 0.5) is 24.5 Å². The summed E-state index contributed by atoms with van der Waals surface area (Å²) in [6, 6.07) is 17.0. The summed E-state index contributed by atoms with van der Waals surface area (Å²) in [5.74, 6) is -0.854. The normalized spacial score (nSPS) is 13.4. The lowest BCUT2D eigenvalue weighted by molar-refractivity contribution is -0.137. The molecule has 0 bridgehead atoms. The number of nitrogens with two attached hydrogens (primary N) is 1. The van der Waals surface area contributed by atoms with Gasteiger partial charge >= 0.3 is 6.18 Å². The van der Waals surface area contributed by atoms with Crippen LogP contribution in [0, 0.1) is 0 Å². The van der Waals surface area contributed by atoms with E-state index in [1.807, 2.05) is 12.1 Å². The first-order chi connectivity index (χ1) is 15.7. The standard InChI is InChI=1S/C25H16F3N3O2/c26-25(27,28)18-2-1-3-19(12-18)31-22(32)11-17-13-30-21-9-8-16(10-20(21)23(17)31)14-4-6-15(7-5-14)24(29)33/h1-10,12-13H,11H2,(H2,29,33). The van der Waals surface area contributed by atoms with Gasteiger partial charge in [0.25, 0.3) is 0 Å². The number of halogens is 3. The van der Waals surface area contributed by atoms with Gasteiger partial charge in [-0.1, -0.05) is 24.3 Å². The van der Waals surface area contributed by atoms with Crippen LogP contribution in [0.2, 0.25) is 0 Å². The number of hydrogen-bond acceptors (Lipinski definition) is 3. The van der Waals surface area contributed by atoms with Gasteiger partial charge in [0, 0.05) is 28.4 Å². The molecule has 5 rings (SSSR count). The highest BCUT2D eigenvalue weighted by Gasteiger charge is 2.34. The molecule has 2 heterocycles. The number of carbonyl (C=O) groups excluding carboxylic acids is 2. The average Bonchev–Trinajstić information content (AvgIpc) is 3.14. The van der Waals surface area contributed by atoms with Crippen molar-refractivity contribution in [3.05, 3.63) is 89.6 Å². The summed E-state index contributed by atoms with van der Waals surface area (Å²) in [7, 11) is 0. The Morgan fingerprint density at radius 2 is 1.70 bits per heavy atom. The molecule has 0 radical (unpaired) electrons. The highest BCUT2D eigenvalue weighted by molar-refractivity contribution is 6.14. The molecule has 0 saturated heterocycles. The lowest BCUT2D eigenvalue weighted by Gasteiger charge is -2.21. The predicted molar refractivity (Wildman–Crippen MR) is 118 cm³/mol. The van der Waals surface area contributed by atoms with Gasteiger partial charge in [-0.25, -0.2) is 0 Å². The van der Waals surface area contributed by atoms with Gasteiger partial charge in [0.05, 0.1) is 23.2 Å². The number of carbonyl (C=O) groups is 2. The van der Waals surface area contributed by atoms with Crippen molar-refractivity contribution < 1.29 is 22.8 Å². The summed E-state index contributed by atoms with van der Waals surface area (Å²) in [6.45, 7) is 0. The minimum Gasteiger partial charge on any atom is -0.366 e. The number of fused-ring (bicyclic) bond motifs is 3. The number of benzene rings is 3. The Hall–Kier alpha value is -4.20. The summed E-state index contributed by atoms with van der Waals surface area (Å²) in [4.78, 5) is 30.0. The molecule has 0 fully saturated rings. The molecule has 33 heavy (non-hydrogen) atoms. The second-order valence-electron chi connectivity index (χ2n) is 7.76. The fraction of sp³-hybridized carbons (Fsp3) is 0.0800. The smallest absolute Gasteiger partial charge is 0.366 e. The van der Waals surface area contributed by atoms with Crippen LogP contribution in [-0.4, -0.2) is 16.8 Å². The van der Waals surface area contributed by atoms with Gasteiger partial charge in [0.2, 0.25) is 11.8 Å². The lowest BCUT2D eigenvalue weighted by Crippen LogP contribution is -2.21. The third kappa shape index (κ3) is 3.59. The van der Waals surface area contributed by atoms with Crippen LogP contribution in [0.25, 0.3) is 22.0 Å². The van der Waals surface area contributed by atoms with E-state index in [1.165, 1.54) is 17.0 Å². The van der Waals surface area contributed by atoms with Gasteiger partial charge in [-0.05, 0) is 53.6 Å². The zero-order valence-electron chi connectivity index (χ0n) is 17.1. The Balaban J connectivity index is 1.66. The van der Waals surface area contributed by atoms with Crippen molar-refractivity contribution in [3.63, 3.8) is 0 Å². The van der Waals surface area contributed by atoms with E-state index in [-0.39, 0.29) is 18.0 Å². The molecule has 4 aromatic rings. The predicted octanol–water partition coefficient (Wildman–Crippen LogP) is 5.24. The zero-order valence-corrected chi connectivity index (χ0v) is 17.1. The Morgan fingerprint density at radius 1 is 0.970 bits per heavy atom. The van der Waals surface area contributed by atoms with Crippen LogP contribution in [0.3, 0.4) is 0 Å². The Bertz CT molecular complexity index is 1430. The molecule has 5 nitrogen and oxygen atoms in total. The molecule has 2 amide bonds. The number of aromatic nitrogens is 1. The first-order valence-corrected chi connectivity index (χ1v) is 10.0. The SMILES string of the molecule is NC(=O)c1ccc(-c2ccc3ncc4c(c3c2)N(c2cccc(C(F)(F)F)c2)C(=O)C4)cc1. The van der Waals surface area contributed by atoms with Gasteiger partial charge in [-0.2, -0.15) is 13.2 Å². The summed E-state index contributed by atoms with van der Waals surface area (Å²) in [5, 5.41) is 0.646. The van der Waals surface area contributed by atoms with Crippen molar-refractivity contribution in [2.75, 3.05) is 4.90 Å². The van der Waals surface area contributed by atoms with Gasteiger partial charge in [-0.15, -0.1) is 0 Å². The van der Waals surface area contributed by atoms with Crippen molar-refractivity contribution in [2.45, 2.75) is 12.6 Å². The molecule has 0 saturated carbocycles. The van der Waals surface area contributed by atoms with E-state index < -0.39 is 17.6 Å². The van der Waals surface area contributed by atoms with E-state index in [0.29, 0.717) is 27.7 Å². The Morgan fingerprint density at radius 3 is 2.39 bits per heavy atom. The average molecular weight is 447 g/mol. The number of alkyl halides is 3. The number of primary amides is 1. The van der Waals surface area contributed by atoms with Crippen LogP contribution in [-0.2, 0) is 17.4 Å². The molecule has 0 aliphatic carbocycles. The number of pyridine rings is 1. The van der Waals surface area contributed by atoms with Gasteiger partial charge < -0.3 is 5.73 Å². The molecule has 0 unspecified atom stereocenters. The molecular weight excluding hydrogens is 431 g/mol. The van der Waals surface area contributed by atoms with E-state index in [4.69, 9.17) is 5.73 Å². The molecule has 8 heteroatoms. The second-order valence-corrected chi connectivity index (χ2v) is 7.76. The zero-order chi connectivity index (χ0) is 23.3. The minimum atomic E-state index is -4.52. The number of anilines is 2. The topological polar surface area (TPSA) is 76.3 Å². The monoisotopic (exact) mass is 447 g/mol. The molecule has 0 spiro atoms. The van der Waals surface area contributed by atoms with Gasteiger partial charge in [0.15, 0.2) is 0 Å². The second kappa shape index (κ2) is 7.44. The fourth-order valence-electron chi connectivity index (χ4n) is 4.08. The van der Waals surface area contributed by atoms with Gasteiger partial charge in [0.1, 0.15) is 0 Å². The maximum Gasteiger partial charge on any atom is 0.416 e. The maximum absolute atomic E-state index is 13.3. The molecule has 1 aliphatic heterocycles. The Labute approximate surface area is 186 Å². The van der Waals surface area contributed by atoms with E-state index in [0.717, 1.165) is 23.3 Å². The van der Waals surface area contributed by atoms with Crippen molar-refractivity contribution in [3.8, 4) is 11.1 Å². The third-order valence-electron chi connectivity index (χ3n) is 5.66. The molecule has 1 aromatic heterocycles. The molecule has 2 N–H and O–H groups in total. The number of hydrogen-bond donors (Lipinski definition) is 1. The van der Waals surface area contributed by atoms with Crippen LogP contribution in [0.15, 0.2) is 72.9 Å². The maximum atomic E-state index is 13.3. The van der Waals surface area contributed by atoms with E-state index in [2.05, 4.69) is 4.98 Å². The van der Waals surface area contributed by atoms with Crippen LogP contribution in [0.5, 0.6) is 0 Å². The van der Waals surface area contributed by atoms with Crippen LogP contribution >= 0.6 is 0 Å². The molecule has 164 valence electrons. The van der Waals surface area contributed by atoms with Crippen molar-refractivity contribution in [1.82, 2.24) is 4.98 Å². The number of nitrogens with zero attached hydrogens (tertiary/aromatic N) is 2. The summed E-state index contributed by atoms with van der Waals surface area (Å²) in [6.07, 6.45) is -2.89. The lowest BCUT2D eigenvalue weighted by atomic mass is 10.00. The number of amides is 2. The van der Waals surface area contributed by atoms with Crippen molar-refractivity contribution in [2.24, 2.45) is 5.73 Å². The number of rotatable bonds is 3. The molecule has 3 aromatic carbocycles. The highest BCUT2D eigenvalue weighted by atomic mass is 19.4. The third-order valence-corrected chi connectivity index (χ3v) is 5.66. The first kappa shape index (κ1) is 20.7. The van der Waals surface area contributed by atoms with E-state index in [9.17, 15) is 22.8 Å². The molecule has 0 atom stereocenters. The molecule has 1 aliphatic rings. The summed E-state index contributed by atoms with van der Waals surface area (Å²) in [5.41, 5.74) is 8.41. The quantitative estimate of drug-likeness (QED) is 0.467. The van der Waals surface area contributed by atoms with E-state index in [1.54, 1.807) is 36.5 Å². The summed E-state index contributed by atoms with van der Waals surface area (Å²) < 4.78 is 39.8. The van der Waals surface area contributed by atoms with Crippen molar-refractivity contribution in [1.29, 1.82) is 0 Å². The van der Waals surface area contributed by atoms with Crippen LogP contribution in [0.1, 0.15) is 21.5 Å². The van der Waals surface area contributed by atoms with E-state index >= 15 is 0 Å². The van der Waals surface area contributed by atoms with Gasteiger partial charge in [-0.3, -0.25) is 19.5 Å². The Kier molecular flexibility index (Phi) is 4.67. The first-order valence-electron chi connectivity index (χ1n) is 10.0. The van der Waals surface area contributed by atoms with Crippen molar-refractivity contribution >= 4 is 34.1 Å². The largest absolute Gasteiger partial charge is 0.416 e. The highest BCUT2D eigenvalue weighted by Crippen LogP contribution is 2.42. The fourth-order valence-corrected chi connectivity index (χ4v) is 4.08. The molecular formula is C25H16F3N3O2. The minimum absolute atomic E-state index is 0.0477. The summed E-state index contributed by atoms with van der Waals surface area (Å²) >= 11 is 0.